The van der Waals surface area contributed by atoms with Crippen molar-refractivity contribution in [2.45, 2.75) is 33.5 Å². The molecule has 2 aromatic heterocycles. The van der Waals surface area contributed by atoms with Crippen molar-refractivity contribution in [3.8, 4) is 10.6 Å². The van der Waals surface area contributed by atoms with Crippen molar-refractivity contribution in [3.05, 3.63) is 64.7 Å². The molecule has 0 aliphatic carbocycles. The summed E-state index contributed by atoms with van der Waals surface area (Å²) in [5, 5.41) is 3.93. The van der Waals surface area contributed by atoms with Crippen LogP contribution in [0.5, 0.6) is 0 Å². The second kappa shape index (κ2) is 9.73. The number of rotatable bonds is 5. The van der Waals surface area contributed by atoms with Crippen LogP contribution in [0, 0.1) is 0 Å². The number of halogens is 3. The number of hydrogen-bond acceptors (Lipinski definition) is 3. The highest BCUT2D eigenvalue weighted by molar-refractivity contribution is 7.17. The fourth-order valence-corrected chi connectivity index (χ4v) is 3.66. The van der Waals surface area contributed by atoms with Gasteiger partial charge in [0.05, 0.1) is 9.75 Å². The van der Waals surface area contributed by atoms with Crippen molar-refractivity contribution in [1.29, 1.82) is 0 Å². The minimum Gasteiger partial charge on any atom is -0.334 e. The summed E-state index contributed by atoms with van der Waals surface area (Å²) in [4.78, 5) is 15.5. The number of amides is 1. The van der Waals surface area contributed by atoms with E-state index in [4.69, 9.17) is 0 Å². The van der Waals surface area contributed by atoms with Gasteiger partial charge in [0.1, 0.15) is 11.4 Å². The van der Waals surface area contributed by atoms with Crippen LogP contribution in [-0.4, -0.2) is 27.1 Å². The van der Waals surface area contributed by atoms with Gasteiger partial charge in [-0.15, -0.1) is 11.3 Å². The number of carbonyl (C=O) groups is 1. The monoisotopic (exact) mass is 423 g/mol. The van der Waals surface area contributed by atoms with Crippen molar-refractivity contribution in [2.24, 2.45) is 7.05 Å². The third-order valence-corrected chi connectivity index (χ3v) is 5.22. The molecular formula is C21H24F3N3OS. The molecule has 1 amide bonds. The second-order valence-corrected chi connectivity index (χ2v) is 7.09. The van der Waals surface area contributed by atoms with Gasteiger partial charge in [-0.3, -0.25) is 9.48 Å². The van der Waals surface area contributed by atoms with Gasteiger partial charge in [-0.1, -0.05) is 44.2 Å². The average molecular weight is 424 g/mol. The molecule has 0 spiro atoms. The SMILES string of the molecule is CC.CCN(Cc1ccccc1)C(=O)c1ccc(-c2cc(C(F)(F)F)n(C)n2)s1. The molecule has 156 valence electrons. The van der Waals surface area contributed by atoms with Gasteiger partial charge < -0.3 is 4.90 Å². The first-order valence-electron chi connectivity index (χ1n) is 9.34. The Hall–Kier alpha value is -2.61. The summed E-state index contributed by atoms with van der Waals surface area (Å²) < 4.78 is 39.7. The summed E-state index contributed by atoms with van der Waals surface area (Å²) in [5.41, 5.74) is 0.405. The Balaban J connectivity index is 0.00000145. The van der Waals surface area contributed by atoms with E-state index in [1.165, 1.54) is 7.05 Å². The van der Waals surface area contributed by atoms with Crippen LogP contribution in [0.1, 0.15) is 41.7 Å². The summed E-state index contributed by atoms with van der Waals surface area (Å²) in [6.07, 6.45) is -4.47. The van der Waals surface area contributed by atoms with E-state index in [1.807, 2.05) is 51.1 Å². The van der Waals surface area contributed by atoms with E-state index in [2.05, 4.69) is 5.10 Å². The Morgan fingerprint density at radius 2 is 1.79 bits per heavy atom. The molecule has 29 heavy (non-hydrogen) atoms. The lowest BCUT2D eigenvalue weighted by Gasteiger charge is -2.20. The molecule has 0 fully saturated rings. The highest BCUT2D eigenvalue weighted by Crippen LogP contribution is 2.34. The summed E-state index contributed by atoms with van der Waals surface area (Å²) in [6.45, 7) is 6.90. The third kappa shape index (κ3) is 5.47. The number of benzene rings is 1. The fraction of sp³-hybridized carbons (Fsp3) is 0.333. The van der Waals surface area contributed by atoms with E-state index in [0.29, 0.717) is 22.8 Å². The van der Waals surface area contributed by atoms with E-state index in [-0.39, 0.29) is 11.6 Å². The van der Waals surface area contributed by atoms with Crippen LogP contribution in [0.25, 0.3) is 10.6 Å². The Morgan fingerprint density at radius 1 is 1.14 bits per heavy atom. The van der Waals surface area contributed by atoms with Crippen LogP contribution in [-0.2, 0) is 19.8 Å². The molecule has 0 N–H and O–H groups in total. The number of aromatic nitrogens is 2. The zero-order valence-electron chi connectivity index (χ0n) is 16.8. The highest BCUT2D eigenvalue weighted by Gasteiger charge is 2.35. The molecule has 0 unspecified atom stereocenters. The van der Waals surface area contributed by atoms with Crippen molar-refractivity contribution in [1.82, 2.24) is 14.7 Å². The standard InChI is InChI=1S/C19H18F3N3OS.C2H6/c1-3-25(12-13-7-5-4-6-8-13)18(26)16-10-9-15(27-16)14-11-17(19(20,21)22)24(2)23-14;1-2/h4-11H,3,12H2,1-2H3;1-2H3. The van der Waals surface area contributed by atoms with Crippen LogP contribution in [0.4, 0.5) is 13.2 Å². The topological polar surface area (TPSA) is 38.1 Å². The summed E-state index contributed by atoms with van der Waals surface area (Å²) in [7, 11) is 1.25. The maximum Gasteiger partial charge on any atom is 0.433 e. The largest absolute Gasteiger partial charge is 0.433 e. The number of nitrogens with zero attached hydrogens (tertiary/aromatic N) is 3. The molecule has 0 bridgehead atoms. The molecule has 3 aromatic rings. The van der Waals surface area contributed by atoms with Crippen LogP contribution in [0.2, 0.25) is 0 Å². The lowest BCUT2D eigenvalue weighted by molar-refractivity contribution is -0.143. The van der Waals surface area contributed by atoms with Crippen molar-refractivity contribution in [2.75, 3.05) is 6.54 Å². The molecule has 0 atom stereocenters. The van der Waals surface area contributed by atoms with E-state index in [1.54, 1.807) is 17.0 Å². The maximum absolute atomic E-state index is 13.0. The number of aryl methyl sites for hydroxylation is 1. The van der Waals surface area contributed by atoms with Crippen LogP contribution < -0.4 is 0 Å². The predicted molar refractivity (Wildman–Crippen MR) is 110 cm³/mol. The molecule has 0 radical (unpaired) electrons. The van der Waals surface area contributed by atoms with Gasteiger partial charge in [-0.25, -0.2) is 0 Å². The highest BCUT2D eigenvalue weighted by atomic mass is 32.1. The average Bonchev–Trinajstić information content (AvgIpc) is 3.34. The lowest BCUT2D eigenvalue weighted by atomic mass is 10.2. The van der Waals surface area contributed by atoms with Gasteiger partial charge in [-0.2, -0.15) is 18.3 Å². The Morgan fingerprint density at radius 3 is 2.34 bits per heavy atom. The molecular weight excluding hydrogens is 399 g/mol. The van der Waals surface area contributed by atoms with Gasteiger partial charge in [-0.05, 0) is 30.7 Å². The predicted octanol–water partition coefficient (Wildman–Crippen LogP) is 5.86. The Kier molecular flexibility index (Phi) is 7.61. The van der Waals surface area contributed by atoms with Crippen LogP contribution in [0.15, 0.2) is 48.5 Å². The van der Waals surface area contributed by atoms with E-state index >= 15 is 0 Å². The second-order valence-electron chi connectivity index (χ2n) is 6.01. The Bertz CT molecular complexity index is 932. The molecule has 3 rings (SSSR count). The Labute approximate surface area is 172 Å². The molecule has 8 heteroatoms. The summed E-state index contributed by atoms with van der Waals surface area (Å²) >= 11 is 1.15. The normalized spacial score (nSPS) is 11.0. The minimum atomic E-state index is -4.47. The maximum atomic E-state index is 13.0. The number of thiophene rings is 1. The molecule has 0 saturated carbocycles. The number of hydrogen-bond donors (Lipinski definition) is 0. The molecule has 0 aliphatic heterocycles. The molecule has 1 aromatic carbocycles. The van der Waals surface area contributed by atoms with Gasteiger partial charge in [0.25, 0.3) is 5.91 Å². The number of alkyl halides is 3. The zero-order valence-corrected chi connectivity index (χ0v) is 17.6. The fourth-order valence-electron chi connectivity index (χ4n) is 2.73. The quantitative estimate of drug-likeness (QED) is 0.516. The summed E-state index contributed by atoms with van der Waals surface area (Å²) in [5.74, 6) is -0.149. The molecule has 0 saturated heterocycles. The van der Waals surface area contributed by atoms with Crippen LogP contribution in [0.3, 0.4) is 0 Å². The van der Waals surface area contributed by atoms with Crippen molar-refractivity contribution in [3.63, 3.8) is 0 Å². The molecule has 2 heterocycles. The zero-order chi connectivity index (χ0) is 21.6. The van der Waals surface area contributed by atoms with Gasteiger partial charge in [0, 0.05) is 20.1 Å². The van der Waals surface area contributed by atoms with Crippen molar-refractivity contribution >= 4 is 17.2 Å². The van der Waals surface area contributed by atoms with Gasteiger partial charge in [0.2, 0.25) is 0 Å². The first kappa shape index (κ1) is 22.7. The van der Waals surface area contributed by atoms with E-state index in [9.17, 15) is 18.0 Å². The van der Waals surface area contributed by atoms with Crippen LogP contribution >= 0.6 is 11.3 Å². The smallest absolute Gasteiger partial charge is 0.334 e. The van der Waals surface area contributed by atoms with E-state index in [0.717, 1.165) is 27.6 Å². The van der Waals surface area contributed by atoms with Gasteiger partial charge in [0.15, 0.2) is 0 Å². The molecule has 4 nitrogen and oxygen atoms in total. The summed E-state index contributed by atoms with van der Waals surface area (Å²) in [6, 6.07) is 13.9. The lowest BCUT2D eigenvalue weighted by Crippen LogP contribution is -2.29. The van der Waals surface area contributed by atoms with E-state index < -0.39 is 11.9 Å². The first-order valence-corrected chi connectivity index (χ1v) is 10.2. The van der Waals surface area contributed by atoms with Crippen molar-refractivity contribution < 1.29 is 18.0 Å². The number of carbonyl (C=O) groups excluding carboxylic acids is 1. The van der Waals surface area contributed by atoms with Gasteiger partial charge >= 0.3 is 6.18 Å². The minimum absolute atomic E-state index is 0.149. The third-order valence-electron chi connectivity index (χ3n) is 4.12. The molecule has 0 aliphatic rings. The first-order chi connectivity index (χ1) is 13.8.